The highest BCUT2D eigenvalue weighted by atomic mass is 19.1. The second kappa shape index (κ2) is 8.22. The van der Waals surface area contributed by atoms with Crippen LogP contribution in [0.25, 0.3) is 11.3 Å². The van der Waals surface area contributed by atoms with Crippen LogP contribution in [0.1, 0.15) is 36.5 Å². The summed E-state index contributed by atoms with van der Waals surface area (Å²) in [7, 11) is 0. The Morgan fingerprint density at radius 1 is 1.27 bits per heavy atom. The van der Waals surface area contributed by atoms with Crippen molar-refractivity contribution in [1.82, 2.24) is 25.2 Å². The van der Waals surface area contributed by atoms with Gasteiger partial charge in [0.2, 0.25) is 0 Å². The van der Waals surface area contributed by atoms with Crippen LogP contribution in [-0.2, 0) is 13.0 Å². The molecule has 0 radical (unpaired) electrons. The first-order valence-electron chi connectivity index (χ1n) is 9.90. The molecule has 2 N–H and O–H groups in total. The van der Waals surface area contributed by atoms with E-state index >= 15 is 0 Å². The summed E-state index contributed by atoms with van der Waals surface area (Å²) in [5.41, 5.74) is 2.59. The van der Waals surface area contributed by atoms with E-state index in [9.17, 15) is 13.6 Å². The molecule has 0 saturated heterocycles. The molecule has 0 spiro atoms. The fourth-order valence-corrected chi connectivity index (χ4v) is 3.62. The van der Waals surface area contributed by atoms with E-state index in [0.717, 1.165) is 29.6 Å². The first-order chi connectivity index (χ1) is 14.4. The Labute approximate surface area is 173 Å². The van der Waals surface area contributed by atoms with E-state index in [4.69, 9.17) is 0 Å². The highest BCUT2D eigenvalue weighted by Crippen LogP contribution is 2.25. The van der Waals surface area contributed by atoms with Gasteiger partial charge in [0.15, 0.2) is 0 Å². The van der Waals surface area contributed by atoms with Crippen LogP contribution in [0.3, 0.4) is 0 Å². The average molecular weight is 411 g/mol. The zero-order valence-corrected chi connectivity index (χ0v) is 16.8. The summed E-state index contributed by atoms with van der Waals surface area (Å²) in [6.07, 6.45) is 4.90. The Morgan fingerprint density at radius 2 is 2.10 bits per heavy atom. The van der Waals surface area contributed by atoms with Gasteiger partial charge in [-0.3, -0.25) is 4.98 Å². The number of nitrogens with zero attached hydrogens (tertiary/aromatic N) is 3. The van der Waals surface area contributed by atoms with Crippen molar-refractivity contribution < 1.29 is 13.6 Å². The number of carbonyl (C=O) groups excluding carboxylic acids is 1. The molecule has 4 rings (SSSR count). The number of rotatable bonds is 4. The molecule has 6 nitrogen and oxygen atoms in total. The van der Waals surface area contributed by atoms with Crippen LogP contribution in [0.15, 0.2) is 42.7 Å². The molecule has 8 heteroatoms. The Morgan fingerprint density at radius 3 is 2.83 bits per heavy atom. The first-order valence-corrected chi connectivity index (χ1v) is 9.90. The van der Waals surface area contributed by atoms with Crippen LogP contribution in [-0.4, -0.2) is 26.6 Å². The second-order valence-corrected chi connectivity index (χ2v) is 7.65. The van der Waals surface area contributed by atoms with E-state index in [1.807, 2.05) is 30.5 Å². The highest BCUT2D eigenvalue weighted by molar-refractivity contribution is 5.74. The van der Waals surface area contributed by atoms with Gasteiger partial charge in [-0.1, -0.05) is 6.07 Å². The number of imidazole rings is 1. The Balaban J connectivity index is 1.39. The number of aromatic nitrogens is 3. The molecule has 156 valence electrons. The number of carbonyl (C=O) groups is 1. The number of benzene rings is 1. The molecule has 0 saturated carbocycles. The van der Waals surface area contributed by atoms with Gasteiger partial charge in [0.1, 0.15) is 17.5 Å². The van der Waals surface area contributed by atoms with Crippen LogP contribution in [0.4, 0.5) is 13.6 Å². The molecule has 2 amide bonds. The number of hydrogen-bond donors (Lipinski definition) is 2. The monoisotopic (exact) mass is 411 g/mol. The fraction of sp³-hybridized carbons (Fsp3) is 0.318. The largest absolute Gasteiger partial charge is 0.334 e. The van der Waals surface area contributed by atoms with E-state index < -0.39 is 11.6 Å². The summed E-state index contributed by atoms with van der Waals surface area (Å²) >= 11 is 0. The predicted molar refractivity (Wildman–Crippen MR) is 109 cm³/mol. The summed E-state index contributed by atoms with van der Waals surface area (Å²) in [5.74, 6) is -0.437. The topological polar surface area (TPSA) is 71.8 Å². The van der Waals surface area contributed by atoms with Crippen LogP contribution in [0.2, 0.25) is 0 Å². The standard InChI is InChI=1S/C22H23F2N5O/c1-13-3-7-19(25-10-13)14(2)26-22(30)27-16-5-8-21-28-20(12-29(21)11-16)17-6-4-15(23)9-18(17)24/h3-4,6-7,9-10,12,14,16H,5,8,11H2,1-2H3,(H2,26,27,30). The fourth-order valence-electron chi connectivity index (χ4n) is 3.62. The number of amides is 2. The summed E-state index contributed by atoms with van der Waals surface area (Å²) < 4.78 is 29.2. The van der Waals surface area contributed by atoms with Crippen molar-refractivity contribution in [2.45, 2.75) is 45.3 Å². The van der Waals surface area contributed by atoms with Crippen LogP contribution >= 0.6 is 0 Å². The smallest absolute Gasteiger partial charge is 0.315 e. The molecule has 0 aliphatic carbocycles. The van der Waals surface area contributed by atoms with E-state index in [1.54, 1.807) is 12.4 Å². The second-order valence-electron chi connectivity index (χ2n) is 7.65. The lowest BCUT2D eigenvalue weighted by molar-refractivity contribution is 0.229. The molecule has 1 aliphatic heterocycles. The number of nitrogens with one attached hydrogen (secondary N) is 2. The minimum absolute atomic E-state index is 0.0733. The maximum atomic E-state index is 14.1. The molecular formula is C22H23F2N5O. The van der Waals surface area contributed by atoms with E-state index in [-0.39, 0.29) is 23.7 Å². The lowest BCUT2D eigenvalue weighted by Gasteiger charge is -2.25. The quantitative estimate of drug-likeness (QED) is 0.684. The molecule has 3 heterocycles. The number of hydrogen-bond acceptors (Lipinski definition) is 3. The van der Waals surface area contributed by atoms with Gasteiger partial charge in [-0.25, -0.2) is 18.6 Å². The van der Waals surface area contributed by atoms with Gasteiger partial charge in [-0.15, -0.1) is 0 Å². The maximum absolute atomic E-state index is 14.1. The zero-order valence-electron chi connectivity index (χ0n) is 16.8. The molecule has 0 fully saturated rings. The Bertz CT molecular complexity index is 1060. The molecule has 2 aromatic heterocycles. The van der Waals surface area contributed by atoms with Crippen LogP contribution < -0.4 is 10.6 Å². The van der Waals surface area contributed by atoms with Crippen molar-refractivity contribution >= 4 is 6.03 Å². The van der Waals surface area contributed by atoms with Crippen molar-refractivity contribution in [3.05, 3.63) is 71.4 Å². The first kappa shape index (κ1) is 20.0. The van der Waals surface area contributed by atoms with Gasteiger partial charge >= 0.3 is 6.03 Å². The molecule has 1 aliphatic rings. The van der Waals surface area contributed by atoms with Crippen molar-refractivity contribution in [1.29, 1.82) is 0 Å². The molecular weight excluding hydrogens is 388 g/mol. The molecule has 30 heavy (non-hydrogen) atoms. The summed E-state index contributed by atoms with van der Waals surface area (Å²) in [6.45, 7) is 4.39. The van der Waals surface area contributed by atoms with E-state index in [0.29, 0.717) is 18.7 Å². The lowest BCUT2D eigenvalue weighted by atomic mass is 10.1. The Hall–Kier alpha value is -3.29. The molecule has 2 atom stereocenters. The molecule has 2 unspecified atom stereocenters. The number of fused-ring (bicyclic) bond motifs is 1. The maximum Gasteiger partial charge on any atom is 0.315 e. The molecule has 1 aromatic carbocycles. The lowest BCUT2D eigenvalue weighted by Crippen LogP contribution is -2.46. The number of halogens is 2. The minimum Gasteiger partial charge on any atom is -0.334 e. The summed E-state index contributed by atoms with van der Waals surface area (Å²) in [4.78, 5) is 21.2. The van der Waals surface area contributed by atoms with E-state index in [2.05, 4.69) is 20.6 Å². The Kier molecular flexibility index (Phi) is 5.48. The van der Waals surface area contributed by atoms with Gasteiger partial charge < -0.3 is 15.2 Å². The van der Waals surface area contributed by atoms with Gasteiger partial charge in [-0.05, 0) is 44.0 Å². The molecule has 3 aromatic rings. The average Bonchev–Trinajstić information content (AvgIpc) is 3.11. The predicted octanol–water partition coefficient (Wildman–Crippen LogP) is 3.91. The van der Waals surface area contributed by atoms with Gasteiger partial charge in [0.05, 0.1) is 17.4 Å². The number of urea groups is 1. The van der Waals surface area contributed by atoms with Crippen molar-refractivity contribution in [3.63, 3.8) is 0 Å². The van der Waals surface area contributed by atoms with Crippen molar-refractivity contribution in [2.24, 2.45) is 0 Å². The van der Waals surface area contributed by atoms with E-state index in [1.165, 1.54) is 12.1 Å². The van der Waals surface area contributed by atoms with Crippen molar-refractivity contribution in [2.75, 3.05) is 0 Å². The van der Waals surface area contributed by atoms with Gasteiger partial charge in [0, 0.05) is 43.0 Å². The minimum atomic E-state index is -0.641. The van der Waals surface area contributed by atoms with Gasteiger partial charge in [-0.2, -0.15) is 0 Å². The van der Waals surface area contributed by atoms with Gasteiger partial charge in [0.25, 0.3) is 0 Å². The van der Waals surface area contributed by atoms with Crippen LogP contribution in [0, 0.1) is 18.6 Å². The SMILES string of the molecule is Cc1ccc(C(C)NC(=O)NC2CCc3nc(-c4ccc(F)cc4F)cn3C2)nc1. The number of aryl methyl sites for hydroxylation is 2. The van der Waals surface area contributed by atoms with Crippen LogP contribution in [0.5, 0.6) is 0 Å². The zero-order chi connectivity index (χ0) is 21.3. The third-order valence-electron chi connectivity index (χ3n) is 5.26. The number of pyridine rings is 1. The third kappa shape index (κ3) is 4.32. The third-order valence-corrected chi connectivity index (χ3v) is 5.26. The van der Waals surface area contributed by atoms with Crippen molar-refractivity contribution in [3.8, 4) is 11.3 Å². The summed E-state index contributed by atoms with van der Waals surface area (Å²) in [6, 6.07) is 6.77. The highest BCUT2D eigenvalue weighted by Gasteiger charge is 2.23. The molecule has 0 bridgehead atoms. The summed E-state index contributed by atoms with van der Waals surface area (Å²) in [5, 5.41) is 5.90. The normalized spacial score (nSPS) is 16.6.